The summed E-state index contributed by atoms with van der Waals surface area (Å²) in [6.07, 6.45) is 0.979. The lowest BCUT2D eigenvalue weighted by molar-refractivity contribution is -0.121. The molecular weight excluding hydrogens is 428 g/mol. The molecule has 1 saturated heterocycles. The van der Waals surface area contributed by atoms with Crippen LogP contribution in [0.15, 0.2) is 40.3 Å². The lowest BCUT2D eigenvalue weighted by Gasteiger charge is -2.31. The molecule has 1 atom stereocenters. The molecule has 2 heterocycles. The van der Waals surface area contributed by atoms with Crippen LogP contribution in [0, 0.1) is 6.92 Å². The number of aromatic amines is 1. The second-order valence-electron chi connectivity index (χ2n) is 7.81. The van der Waals surface area contributed by atoms with Gasteiger partial charge in [-0.25, -0.2) is 9.78 Å². The van der Waals surface area contributed by atoms with Crippen molar-refractivity contribution in [2.45, 2.75) is 56.5 Å². The van der Waals surface area contributed by atoms with Gasteiger partial charge in [-0.3, -0.25) is 9.59 Å². The van der Waals surface area contributed by atoms with Crippen LogP contribution in [0.5, 0.6) is 0 Å². The lowest BCUT2D eigenvalue weighted by Crippen LogP contribution is -2.47. The van der Waals surface area contributed by atoms with Crippen LogP contribution in [0.25, 0.3) is 0 Å². The quantitative estimate of drug-likeness (QED) is 0.488. The second-order valence-corrected chi connectivity index (χ2v) is 9.14. The van der Waals surface area contributed by atoms with Crippen LogP contribution in [0.1, 0.15) is 48.8 Å². The number of aryl methyl sites for hydroxylation is 1. The molecule has 1 aromatic carbocycles. The molecule has 2 aromatic rings. The van der Waals surface area contributed by atoms with E-state index in [-0.39, 0.29) is 35.3 Å². The summed E-state index contributed by atoms with van der Waals surface area (Å²) in [5.74, 6) is -0.215. The molecule has 3 rings (SSSR count). The van der Waals surface area contributed by atoms with E-state index in [9.17, 15) is 14.4 Å². The SMILES string of the molecule is CCOC(=O)N1CCC(NC(=O)Cc2c(C)nc(SC(C)c3ccccc3)[nH]c2=O)CC1. The number of nitrogens with one attached hydrogen (secondary N) is 2. The molecule has 172 valence electrons. The van der Waals surface area contributed by atoms with Gasteiger partial charge in [-0.2, -0.15) is 0 Å². The maximum absolute atomic E-state index is 12.6. The molecule has 1 fully saturated rings. The summed E-state index contributed by atoms with van der Waals surface area (Å²) in [6.45, 7) is 7.02. The number of aromatic nitrogens is 2. The zero-order valence-corrected chi connectivity index (χ0v) is 19.5. The molecule has 0 spiro atoms. The number of rotatable bonds is 7. The average molecular weight is 459 g/mol. The molecule has 9 heteroatoms. The van der Waals surface area contributed by atoms with Crippen LogP contribution in [0.4, 0.5) is 4.79 Å². The molecular formula is C23H30N4O4S. The Hall–Kier alpha value is -2.81. The molecule has 1 aliphatic rings. The van der Waals surface area contributed by atoms with E-state index in [4.69, 9.17) is 4.74 Å². The Balaban J connectivity index is 1.55. The van der Waals surface area contributed by atoms with E-state index in [0.717, 1.165) is 5.56 Å². The number of hydrogen-bond acceptors (Lipinski definition) is 6. The Morgan fingerprint density at radius 2 is 1.97 bits per heavy atom. The Kier molecular flexibility index (Phi) is 8.33. The molecule has 1 unspecified atom stereocenters. The van der Waals surface area contributed by atoms with E-state index in [1.54, 1.807) is 18.7 Å². The number of nitrogens with zero attached hydrogens (tertiary/aromatic N) is 2. The molecule has 1 aliphatic heterocycles. The van der Waals surface area contributed by atoms with Gasteiger partial charge in [-0.05, 0) is 39.2 Å². The lowest BCUT2D eigenvalue weighted by atomic mass is 10.0. The van der Waals surface area contributed by atoms with Crippen molar-refractivity contribution in [2.75, 3.05) is 19.7 Å². The van der Waals surface area contributed by atoms with Crippen LogP contribution in [0.3, 0.4) is 0 Å². The highest BCUT2D eigenvalue weighted by molar-refractivity contribution is 7.99. The number of thioether (sulfide) groups is 1. The van der Waals surface area contributed by atoms with Gasteiger partial charge in [-0.1, -0.05) is 42.1 Å². The van der Waals surface area contributed by atoms with Gasteiger partial charge in [0.15, 0.2) is 5.16 Å². The molecule has 2 N–H and O–H groups in total. The number of carbonyl (C=O) groups is 2. The number of ether oxygens (including phenoxy) is 1. The number of piperidine rings is 1. The molecule has 0 bridgehead atoms. The van der Waals surface area contributed by atoms with Crippen molar-refractivity contribution in [3.8, 4) is 0 Å². The van der Waals surface area contributed by atoms with Gasteiger partial charge in [0.2, 0.25) is 5.91 Å². The zero-order valence-electron chi connectivity index (χ0n) is 18.7. The van der Waals surface area contributed by atoms with E-state index in [1.165, 1.54) is 11.8 Å². The fraction of sp³-hybridized carbons (Fsp3) is 0.478. The summed E-state index contributed by atoms with van der Waals surface area (Å²) in [7, 11) is 0. The van der Waals surface area contributed by atoms with Crippen LogP contribution in [-0.2, 0) is 16.0 Å². The van der Waals surface area contributed by atoms with Gasteiger partial charge in [0.1, 0.15) is 0 Å². The number of likely N-dealkylation sites (tertiary alicyclic amines) is 1. The van der Waals surface area contributed by atoms with Crippen molar-refractivity contribution in [3.05, 3.63) is 57.5 Å². The van der Waals surface area contributed by atoms with Gasteiger partial charge < -0.3 is 19.9 Å². The third kappa shape index (κ3) is 6.35. The predicted octanol–water partition coefficient (Wildman–Crippen LogP) is 3.21. The fourth-order valence-electron chi connectivity index (χ4n) is 3.67. The van der Waals surface area contributed by atoms with E-state index in [1.807, 2.05) is 30.3 Å². The zero-order chi connectivity index (χ0) is 23.1. The fourth-order valence-corrected chi connectivity index (χ4v) is 4.64. The molecule has 2 amide bonds. The highest BCUT2D eigenvalue weighted by Crippen LogP contribution is 2.32. The highest BCUT2D eigenvalue weighted by Gasteiger charge is 2.25. The minimum absolute atomic E-state index is 0.0224. The normalized spacial score (nSPS) is 15.3. The molecule has 0 radical (unpaired) electrons. The van der Waals surface area contributed by atoms with Crippen molar-refractivity contribution in [2.24, 2.45) is 0 Å². The van der Waals surface area contributed by atoms with Gasteiger partial charge in [0.05, 0.1) is 13.0 Å². The standard InChI is InChI=1S/C23H30N4O4S/c1-4-31-23(30)27-12-10-18(11-13-27)25-20(28)14-19-15(2)24-22(26-21(19)29)32-16(3)17-8-6-5-7-9-17/h5-9,16,18H,4,10-14H2,1-3H3,(H,25,28)(H,24,26,29). The van der Waals surface area contributed by atoms with Crippen LogP contribution in [0.2, 0.25) is 0 Å². The molecule has 0 aliphatic carbocycles. The second kappa shape index (κ2) is 11.2. The Bertz CT molecular complexity index is 987. The summed E-state index contributed by atoms with van der Waals surface area (Å²) in [5, 5.41) is 3.65. The minimum atomic E-state index is -0.315. The molecule has 32 heavy (non-hydrogen) atoms. The van der Waals surface area contributed by atoms with E-state index in [2.05, 4.69) is 22.2 Å². The van der Waals surface area contributed by atoms with Crippen molar-refractivity contribution in [1.29, 1.82) is 0 Å². The largest absolute Gasteiger partial charge is 0.450 e. The van der Waals surface area contributed by atoms with Crippen molar-refractivity contribution in [3.63, 3.8) is 0 Å². The first-order chi connectivity index (χ1) is 15.4. The summed E-state index contributed by atoms with van der Waals surface area (Å²) >= 11 is 1.48. The molecule has 0 saturated carbocycles. The molecule has 8 nitrogen and oxygen atoms in total. The smallest absolute Gasteiger partial charge is 0.409 e. The van der Waals surface area contributed by atoms with Crippen molar-refractivity contribution >= 4 is 23.8 Å². The summed E-state index contributed by atoms with van der Waals surface area (Å²) in [6, 6.07) is 9.99. The Morgan fingerprint density at radius 1 is 1.28 bits per heavy atom. The van der Waals surface area contributed by atoms with Gasteiger partial charge in [0.25, 0.3) is 5.56 Å². The van der Waals surface area contributed by atoms with Crippen molar-refractivity contribution in [1.82, 2.24) is 20.2 Å². The predicted molar refractivity (Wildman–Crippen MR) is 124 cm³/mol. The Morgan fingerprint density at radius 3 is 2.59 bits per heavy atom. The minimum Gasteiger partial charge on any atom is -0.450 e. The number of amides is 2. The van der Waals surface area contributed by atoms with E-state index < -0.39 is 0 Å². The number of benzene rings is 1. The van der Waals surface area contributed by atoms with Crippen LogP contribution >= 0.6 is 11.8 Å². The van der Waals surface area contributed by atoms with Gasteiger partial charge in [0, 0.05) is 35.6 Å². The third-order valence-corrected chi connectivity index (χ3v) is 6.52. The average Bonchev–Trinajstić information content (AvgIpc) is 2.77. The first-order valence-corrected chi connectivity index (χ1v) is 11.8. The number of H-pyrrole nitrogens is 1. The van der Waals surface area contributed by atoms with Crippen LogP contribution in [-0.4, -0.2) is 52.6 Å². The first kappa shape index (κ1) is 23.8. The maximum Gasteiger partial charge on any atom is 0.409 e. The van der Waals surface area contributed by atoms with Gasteiger partial charge in [-0.15, -0.1) is 0 Å². The van der Waals surface area contributed by atoms with Crippen LogP contribution < -0.4 is 10.9 Å². The van der Waals surface area contributed by atoms with Crippen molar-refractivity contribution < 1.29 is 14.3 Å². The first-order valence-electron chi connectivity index (χ1n) is 10.9. The third-order valence-electron chi connectivity index (χ3n) is 5.48. The Labute approximate surface area is 192 Å². The number of hydrogen-bond donors (Lipinski definition) is 2. The topological polar surface area (TPSA) is 104 Å². The number of carbonyl (C=O) groups excluding carboxylic acids is 2. The summed E-state index contributed by atoms with van der Waals surface area (Å²) < 4.78 is 5.01. The monoisotopic (exact) mass is 458 g/mol. The molecule has 1 aromatic heterocycles. The van der Waals surface area contributed by atoms with E-state index in [0.29, 0.717) is 49.0 Å². The van der Waals surface area contributed by atoms with E-state index >= 15 is 0 Å². The summed E-state index contributed by atoms with van der Waals surface area (Å²) in [4.78, 5) is 46.0. The maximum atomic E-state index is 12.6. The highest BCUT2D eigenvalue weighted by atomic mass is 32.2. The summed E-state index contributed by atoms with van der Waals surface area (Å²) in [5.41, 5.74) is 1.80. The van der Waals surface area contributed by atoms with Gasteiger partial charge >= 0.3 is 6.09 Å².